The quantitative estimate of drug-likeness (QED) is 0.765. The van der Waals surface area contributed by atoms with Crippen LogP contribution in [0.5, 0.6) is 0 Å². The van der Waals surface area contributed by atoms with Gasteiger partial charge in [0.25, 0.3) is 0 Å². The molecule has 1 aliphatic rings. The molecule has 124 valence electrons. The summed E-state index contributed by atoms with van der Waals surface area (Å²) in [6.07, 6.45) is 1.77. The Kier molecular flexibility index (Phi) is 4.18. The Morgan fingerprint density at radius 3 is 2.25 bits per heavy atom. The number of esters is 1. The van der Waals surface area contributed by atoms with Crippen LogP contribution < -0.4 is 10.6 Å². The minimum atomic E-state index is -1.38. The van der Waals surface area contributed by atoms with Gasteiger partial charge in [0, 0.05) is 15.6 Å². The van der Waals surface area contributed by atoms with Gasteiger partial charge >= 0.3 is 5.97 Å². The van der Waals surface area contributed by atoms with Gasteiger partial charge in [-0.05, 0) is 50.3 Å². The number of nitrogens with zero attached hydrogens (tertiary/aromatic N) is 1. The molecule has 5 heteroatoms. The standard InChI is InChI=1S/C19H17Cl2NO2/c1-18(2,3)24-17(23)19(16-13(20)8-6-9-14(16)21)11-12-7-4-5-10-15(12)22-19/h4-11H,1-3H3. The average molecular weight is 362 g/mol. The Morgan fingerprint density at radius 1 is 1.04 bits per heavy atom. The van der Waals surface area contributed by atoms with E-state index in [0.717, 1.165) is 5.22 Å². The summed E-state index contributed by atoms with van der Waals surface area (Å²) in [7, 11) is 0. The van der Waals surface area contributed by atoms with Crippen LogP contribution in [-0.2, 0) is 15.1 Å². The molecule has 1 unspecified atom stereocenters. The Bertz CT molecular complexity index is 874. The number of fused-ring (bicyclic) bond motifs is 1. The molecule has 1 atom stereocenters. The number of benzene rings is 2. The van der Waals surface area contributed by atoms with Crippen molar-refractivity contribution in [1.82, 2.24) is 0 Å². The second kappa shape index (κ2) is 5.91. The minimum absolute atomic E-state index is 0.376. The number of carbonyl (C=O) groups excluding carboxylic acids is 1. The monoisotopic (exact) mass is 361 g/mol. The van der Waals surface area contributed by atoms with E-state index in [0.29, 0.717) is 21.0 Å². The molecule has 2 aromatic carbocycles. The Morgan fingerprint density at radius 2 is 1.67 bits per heavy atom. The number of rotatable bonds is 2. The van der Waals surface area contributed by atoms with Gasteiger partial charge in [-0.3, -0.25) is 4.99 Å². The largest absolute Gasteiger partial charge is 0.458 e. The first-order chi connectivity index (χ1) is 11.2. The van der Waals surface area contributed by atoms with Crippen LogP contribution in [0, 0.1) is 0 Å². The lowest BCUT2D eigenvalue weighted by molar-refractivity contribution is -0.159. The summed E-state index contributed by atoms with van der Waals surface area (Å²) >= 11 is 12.8. The zero-order valence-electron chi connectivity index (χ0n) is 13.6. The molecule has 0 fully saturated rings. The molecular formula is C19H17Cl2NO2. The van der Waals surface area contributed by atoms with E-state index in [2.05, 4.69) is 4.99 Å². The summed E-state index contributed by atoms with van der Waals surface area (Å²) in [6, 6.07) is 12.6. The highest BCUT2D eigenvalue weighted by Crippen LogP contribution is 2.40. The van der Waals surface area contributed by atoms with Crippen LogP contribution in [0.3, 0.4) is 0 Å². The van der Waals surface area contributed by atoms with E-state index in [1.165, 1.54) is 0 Å². The van der Waals surface area contributed by atoms with Gasteiger partial charge in [0.15, 0.2) is 0 Å². The molecule has 0 saturated carbocycles. The number of halogens is 2. The summed E-state index contributed by atoms with van der Waals surface area (Å²) < 4.78 is 5.64. The van der Waals surface area contributed by atoms with E-state index < -0.39 is 17.1 Å². The van der Waals surface area contributed by atoms with Gasteiger partial charge < -0.3 is 4.74 Å². The van der Waals surface area contributed by atoms with Crippen molar-refractivity contribution in [1.29, 1.82) is 0 Å². The molecule has 2 aromatic rings. The highest BCUT2D eigenvalue weighted by atomic mass is 35.5. The fraction of sp³-hybridized carbons (Fsp3) is 0.263. The molecular weight excluding hydrogens is 345 g/mol. The number of para-hydroxylation sites is 1. The van der Waals surface area contributed by atoms with E-state index in [1.54, 1.807) is 24.3 Å². The smallest absolute Gasteiger partial charge is 0.343 e. The minimum Gasteiger partial charge on any atom is -0.458 e. The van der Waals surface area contributed by atoms with Gasteiger partial charge in [-0.2, -0.15) is 0 Å². The van der Waals surface area contributed by atoms with E-state index in [4.69, 9.17) is 27.9 Å². The van der Waals surface area contributed by atoms with E-state index in [1.807, 2.05) is 45.0 Å². The van der Waals surface area contributed by atoms with E-state index in [9.17, 15) is 4.79 Å². The van der Waals surface area contributed by atoms with Crippen molar-refractivity contribution in [2.75, 3.05) is 0 Å². The van der Waals surface area contributed by atoms with E-state index in [-0.39, 0.29) is 0 Å². The van der Waals surface area contributed by atoms with Crippen molar-refractivity contribution in [3.05, 3.63) is 68.6 Å². The molecule has 3 nitrogen and oxygen atoms in total. The fourth-order valence-electron chi connectivity index (χ4n) is 2.71. The predicted octanol–water partition coefficient (Wildman–Crippen LogP) is 3.64. The molecule has 0 N–H and O–H groups in total. The lowest BCUT2D eigenvalue weighted by Gasteiger charge is -2.29. The maximum absolute atomic E-state index is 13.1. The number of ether oxygens (including phenoxy) is 1. The third-order valence-electron chi connectivity index (χ3n) is 3.65. The Hall–Kier alpha value is -1.84. The molecule has 0 spiro atoms. The number of carbonyl (C=O) groups is 1. The Labute approximate surface area is 150 Å². The third-order valence-corrected chi connectivity index (χ3v) is 4.28. The van der Waals surface area contributed by atoms with Gasteiger partial charge in [0.1, 0.15) is 5.60 Å². The van der Waals surface area contributed by atoms with Crippen LogP contribution in [0.2, 0.25) is 10.0 Å². The maximum Gasteiger partial charge on any atom is 0.343 e. The molecule has 0 aromatic heterocycles. The first kappa shape index (κ1) is 17.0. The SMILES string of the molecule is CC(C)(C)OC(=O)C1(c2c(Cl)cccc2Cl)C=c2ccccc2=N1. The second-order valence-electron chi connectivity index (χ2n) is 6.68. The highest BCUT2D eigenvalue weighted by Gasteiger charge is 2.45. The lowest BCUT2D eigenvalue weighted by Crippen LogP contribution is -2.38. The molecule has 1 heterocycles. The zero-order valence-corrected chi connectivity index (χ0v) is 15.2. The van der Waals surface area contributed by atoms with Crippen molar-refractivity contribution in [3.8, 4) is 0 Å². The first-order valence-corrected chi connectivity index (χ1v) is 8.34. The highest BCUT2D eigenvalue weighted by molar-refractivity contribution is 6.37. The van der Waals surface area contributed by atoms with Crippen molar-refractivity contribution < 1.29 is 9.53 Å². The molecule has 0 bridgehead atoms. The second-order valence-corrected chi connectivity index (χ2v) is 7.49. The van der Waals surface area contributed by atoms with Crippen molar-refractivity contribution >= 4 is 35.2 Å². The van der Waals surface area contributed by atoms with Crippen molar-refractivity contribution in [2.24, 2.45) is 4.99 Å². The summed E-state index contributed by atoms with van der Waals surface area (Å²) in [4.78, 5) is 17.8. The van der Waals surface area contributed by atoms with Crippen LogP contribution >= 0.6 is 23.2 Å². The summed E-state index contributed by atoms with van der Waals surface area (Å²) in [5.74, 6) is -0.499. The zero-order chi connectivity index (χ0) is 17.5. The lowest BCUT2D eigenvalue weighted by atomic mass is 9.90. The summed E-state index contributed by atoms with van der Waals surface area (Å²) in [6.45, 7) is 5.44. The molecule has 0 radical (unpaired) electrons. The molecule has 0 amide bonds. The first-order valence-electron chi connectivity index (χ1n) is 7.59. The van der Waals surface area contributed by atoms with Crippen LogP contribution in [0.25, 0.3) is 6.08 Å². The van der Waals surface area contributed by atoms with Gasteiger partial charge in [0.2, 0.25) is 5.54 Å². The molecule has 0 saturated heterocycles. The van der Waals surface area contributed by atoms with Gasteiger partial charge in [-0.25, -0.2) is 4.79 Å². The van der Waals surface area contributed by atoms with Crippen molar-refractivity contribution in [2.45, 2.75) is 31.9 Å². The maximum atomic E-state index is 13.1. The van der Waals surface area contributed by atoms with Crippen LogP contribution in [-0.4, -0.2) is 11.6 Å². The van der Waals surface area contributed by atoms with Crippen molar-refractivity contribution in [3.63, 3.8) is 0 Å². The number of hydrogen-bond acceptors (Lipinski definition) is 3. The Balaban J connectivity index is 2.29. The fourth-order valence-corrected chi connectivity index (χ4v) is 3.40. The third kappa shape index (κ3) is 2.94. The molecule has 0 aliphatic carbocycles. The van der Waals surface area contributed by atoms with Crippen LogP contribution in [0.1, 0.15) is 26.3 Å². The normalized spacial score (nSPS) is 19.2. The predicted molar refractivity (Wildman–Crippen MR) is 95.7 cm³/mol. The van der Waals surface area contributed by atoms with Gasteiger partial charge in [-0.15, -0.1) is 0 Å². The summed E-state index contributed by atoms with van der Waals surface area (Å²) in [5, 5.41) is 2.31. The summed E-state index contributed by atoms with van der Waals surface area (Å²) in [5.41, 5.74) is -1.60. The topological polar surface area (TPSA) is 38.7 Å². The van der Waals surface area contributed by atoms with E-state index >= 15 is 0 Å². The molecule has 1 aliphatic heterocycles. The van der Waals surface area contributed by atoms with Gasteiger partial charge in [-0.1, -0.05) is 47.5 Å². The van der Waals surface area contributed by atoms with Crippen LogP contribution in [0.15, 0.2) is 47.5 Å². The average Bonchev–Trinajstić information content (AvgIpc) is 2.85. The molecule has 3 rings (SSSR count). The number of hydrogen-bond donors (Lipinski definition) is 0. The van der Waals surface area contributed by atoms with Crippen LogP contribution in [0.4, 0.5) is 0 Å². The van der Waals surface area contributed by atoms with Gasteiger partial charge in [0.05, 0.1) is 5.36 Å². The molecule has 24 heavy (non-hydrogen) atoms.